The molecule has 0 radical (unpaired) electrons. The summed E-state index contributed by atoms with van der Waals surface area (Å²) in [7, 11) is 1.37. The van der Waals surface area contributed by atoms with Gasteiger partial charge in [-0.2, -0.15) is 0 Å². The highest BCUT2D eigenvalue weighted by Gasteiger charge is 2.18. The van der Waals surface area contributed by atoms with Crippen molar-refractivity contribution in [3.63, 3.8) is 0 Å². The van der Waals surface area contributed by atoms with Crippen LogP contribution in [0.15, 0.2) is 18.2 Å². The van der Waals surface area contributed by atoms with Crippen molar-refractivity contribution in [3.8, 4) is 0 Å². The van der Waals surface area contributed by atoms with Gasteiger partial charge in [0.15, 0.2) is 0 Å². The predicted molar refractivity (Wildman–Crippen MR) is 71.9 cm³/mol. The normalized spacial score (nSPS) is 11.2. The lowest BCUT2D eigenvalue weighted by molar-refractivity contribution is 0.0601. The van der Waals surface area contributed by atoms with E-state index in [0.29, 0.717) is 12.1 Å². The third-order valence-corrected chi connectivity index (χ3v) is 2.77. The molecule has 0 atom stereocenters. The summed E-state index contributed by atoms with van der Waals surface area (Å²) in [5, 5.41) is 12.4. The van der Waals surface area contributed by atoms with Crippen molar-refractivity contribution < 1.29 is 14.6 Å². The Bertz CT molecular complexity index is 427. The monoisotopic (exact) mass is 251 g/mol. The molecule has 1 aromatic rings. The standard InChI is InChI=1S/C14H21NO3/c1-10-5-6-12(11(7-10)13(17)18-4)15-8-14(2,3)9-16/h5-7,15-16H,8-9H2,1-4H3. The fourth-order valence-electron chi connectivity index (χ4n) is 1.48. The average molecular weight is 251 g/mol. The first kappa shape index (κ1) is 14.5. The van der Waals surface area contributed by atoms with Crippen LogP contribution in [0.25, 0.3) is 0 Å². The van der Waals surface area contributed by atoms with E-state index >= 15 is 0 Å². The van der Waals surface area contributed by atoms with E-state index in [0.717, 1.165) is 11.3 Å². The summed E-state index contributed by atoms with van der Waals surface area (Å²) in [6.07, 6.45) is 0. The molecule has 0 aromatic heterocycles. The number of esters is 1. The number of ether oxygens (including phenoxy) is 1. The quantitative estimate of drug-likeness (QED) is 0.788. The molecule has 0 heterocycles. The zero-order valence-electron chi connectivity index (χ0n) is 11.4. The summed E-state index contributed by atoms with van der Waals surface area (Å²) in [6.45, 7) is 6.49. The Balaban J connectivity index is 2.91. The zero-order chi connectivity index (χ0) is 13.8. The Morgan fingerprint density at radius 3 is 2.67 bits per heavy atom. The van der Waals surface area contributed by atoms with Gasteiger partial charge >= 0.3 is 5.97 Å². The summed E-state index contributed by atoms with van der Waals surface area (Å²) < 4.78 is 4.76. The van der Waals surface area contributed by atoms with Crippen molar-refractivity contribution in [2.75, 3.05) is 25.6 Å². The van der Waals surface area contributed by atoms with Crippen molar-refractivity contribution in [1.82, 2.24) is 0 Å². The lowest BCUT2D eigenvalue weighted by Gasteiger charge is -2.23. The Hall–Kier alpha value is -1.55. The number of aliphatic hydroxyl groups excluding tert-OH is 1. The number of methoxy groups -OCH3 is 1. The molecule has 1 aromatic carbocycles. The van der Waals surface area contributed by atoms with Crippen LogP contribution in [0.5, 0.6) is 0 Å². The second kappa shape index (κ2) is 5.87. The number of rotatable bonds is 5. The third-order valence-electron chi connectivity index (χ3n) is 2.77. The molecule has 0 saturated heterocycles. The topological polar surface area (TPSA) is 58.6 Å². The molecule has 18 heavy (non-hydrogen) atoms. The molecule has 0 spiro atoms. The summed E-state index contributed by atoms with van der Waals surface area (Å²) in [5.74, 6) is -0.358. The maximum Gasteiger partial charge on any atom is 0.339 e. The number of benzene rings is 1. The van der Waals surface area contributed by atoms with Crippen molar-refractivity contribution in [2.45, 2.75) is 20.8 Å². The van der Waals surface area contributed by atoms with E-state index in [-0.39, 0.29) is 18.0 Å². The van der Waals surface area contributed by atoms with Crippen LogP contribution in [0.2, 0.25) is 0 Å². The summed E-state index contributed by atoms with van der Waals surface area (Å²) in [6, 6.07) is 5.58. The Morgan fingerprint density at radius 1 is 1.44 bits per heavy atom. The molecule has 0 aliphatic rings. The van der Waals surface area contributed by atoms with E-state index in [9.17, 15) is 9.90 Å². The molecule has 0 bridgehead atoms. The van der Waals surface area contributed by atoms with Gasteiger partial charge in [-0.05, 0) is 19.1 Å². The molecule has 0 saturated carbocycles. The molecule has 0 amide bonds. The molecular formula is C14H21NO3. The minimum atomic E-state index is -0.358. The van der Waals surface area contributed by atoms with E-state index in [1.807, 2.05) is 32.9 Å². The average Bonchev–Trinajstić information content (AvgIpc) is 2.36. The van der Waals surface area contributed by atoms with E-state index in [2.05, 4.69) is 5.32 Å². The second-order valence-corrected chi connectivity index (χ2v) is 5.22. The lowest BCUT2D eigenvalue weighted by atomic mass is 9.94. The number of carbonyl (C=O) groups excluding carboxylic acids is 1. The SMILES string of the molecule is COC(=O)c1cc(C)ccc1NCC(C)(C)CO. The predicted octanol–water partition coefficient (Wildman–Crippen LogP) is 2.21. The van der Waals surface area contributed by atoms with Crippen molar-refractivity contribution in [3.05, 3.63) is 29.3 Å². The second-order valence-electron chi connectivity index (χ2n) is 5.22. The number of nitrogens with one attached hydrogen (secondary N) is 1. The number of hydrogen-bond acceptors (Lipinski definition) is 4. The van der Waals surface area contributed by atoms with Crippen LogP contribution in [-0.2, 0) is 4.74 Å². The van der Waals surface area contributed by atoms with E-state index < -0.39 is 0 Å². The third kappa shape index (κ3) is 3.74. The van der Waals surface area contributed by atoms with Gasteiger partial charge in [-0.3, -0.25) is 0 Å². The molecule has 0 aliphatic heterocycles. The van der Waals surface area contributed by atoms with Crippen LogP contribution in [-0.4, -0.2) is 31.3 Å². The highest BCUT2D eigenvalue weighted by molar-refractivity contribution is 5.95. The minimum Gasteiger partial charge on any atom is -0.465 e. The Morgan fingerprint density at radius 2 is 2.11 bits per heavy atom. The van der Waals surface area contributed by atoms with Gasteiger partial charge in [0.1, 0.15) is 0 Å². The van der Waals surface area contributed by atoms with Gasteiger partial charge < -0.3 is 15.2 Å². The fourth-order valence-corrected chi connectivity index (χ4v) is 1.48. The van der Waals surface area contributed by atoms with Crippen LogP contribution >= 0.6 is 0 Å². The first-order valence-electron chi connectivity index (χ1n) is 5.93. The molecule has 0 aliphatic carbocycles. The smallest absolute Gasteiger partial charge is 0.339 e. The Kier molecular flexibility index (Phi) is 4.73. The maximum atomic E-state index is 11.7. The maximum absolute atomic E-state index is 11.7. The first-order valence-corrected chi connectivity index (χ1v) is 5.93. The number of anilines is 1. The van der Waals surface area contributed by atoms with Gasteiger partial charge in [-0.15, -0.1) is 0 Å². The highest BCUT2D eigenvalue weighted by Crippen LogP contribution is 2.21. The van der Waals surface area contributed by atoms with Gasteiger partial charge in [-0.1, -0.05) is 25.5 Å². The van der Waals surface area contributed by atoms with Crippen LogP contribution < -0.4 is 5.32 Å². The van der Waals surface area contributed by atoms with Crippen molar-refractivity contribution >= 4 is 11.7 Å². The van der Waals surface area contributed by atoms with Crippen LogP contribution in [0.3, 0.4) is 0 Å². The molecule has 0 fully saturated rings. The number of hydrogen-bond donors (Lipinski definition) is 2. The van der Waals surface area contributed by atoms with E-state index in [1.54, 1.807) is 6.07 Å². The zero-order valence-corrected chi connectivity index (χ0v) is 11.4. The van der Waals surface area contributed by atoms with E-state index in [4.69, 9.17) is 4.74 Å². The van der Waals surface area contributed by atoms with Gasteiger partial charge in [0, 0.05) is 24.3 Å². The first-order chi connectivity index (χ1) is 8.39. The Labute approximate surface area is 108 Å². The molecule has 1 rings (SSSR count). The van der Waals surface area contributed by atoms with Gasteiger partial charge in [0.2, 0.25) is 0 Å². The summed E-state index contributed by atoms with van der Waals surface area (Å²) in [5.41, 5.74) is 2.01. The summed E-state index contributed by atoms with van der Waals surface area (Å²) >= 11 is 0. The van der Waals surface area contributed by atoms with Crippen molar-refractivity contribution in [2.24, 2.45) is 5.41 Å². The van der Waals surface area contributed by atoms with E-state index in [1.165, 1.54) is 7.11 Å². The molecular weight excluding hydrogens is 230 g/mol. The van der Waals surface area contributed by atoms with Gasteiger partial charge in [0.05, 0.1) is 12.7 Å². The molecule has 0 unspecified atom stereocenters. The molecule has 2 N–H and O–H groups in total. The van der Waals surface area contributed by atoms with Gasteiger partial charge in [-0.25, -0.2) is 4.79 Å². The largest absolute Gasteiger partial charge is 0.465 e. The molecule has 4 heteroatoms. The fraction of sp³-hybridized carbons (Fsp3) is 0.500. The minimum absolute atomic E-state index is 0.0828. The van der Waals surface area contributed by atoms with Crippen LogP contribution in [0, 0.1) is 12.3 Å². The molecule has 100 valence electrons. The summed E-state index contributed by atoms with van der Waals surface area (Å²) in [4.78, 5) is 11.7. The van der Waals surface area contributed by atoms with Crippen molar-refractivity contribution in [1.29, 1.82) is 0 Å². The lowest BCUT2D eigenvalue weighted by Crippen LogP contribution is -2.27. The van der Waals surface area contributed by atoms with Gasteiger partial charge in [0.25, 0.3) is 0 Å². The van der Waals surface area contributed by atoms with Crippen LogP contribution in [0.1, 0.15) is 29.8 Å². The number of carbonyl (C=O) groups is 1. The number of aliphatic hydroxyl groups is 1. The molecule has 4 nitrogen and oxygen atoms in total. The number of aryl methyl sites for hydroxylation is 1. The van der Waals surface area contributed by atoms with Crippen LogP contribution in [0.4, 0.5) is 5.69 Å². The highest BCUT2D eigenvalue weighted by atomic mass is 16.5.